The van der Waals surface area contributed by atoms with Crippen molar-refractivity contribution >= 4 is 0 Å². The Labute approximate surface area is 224 Å². The maximum absolute atomic E-state index is 12.6. The van der Waals surface area contributed by atoms with Crippen molar-refractivity contribution in [3.05, 3.63) is 83.4 Å². The fraction of sp³-hybridized carbons (Fsp3) is 0.455. The molecule has 196 valence electrons. The standard InChI is InChI=1S/C33H35NO4/c35-26-13-12-25-18-28-33(36)15-14-27(37-20-22-8-10-24(11-9-22)23-4-2-1-3-5-23)31-32(33,29(25)30(26)38-31)16-17-34(28)19-21-6-7-21/h1-5,8-13,21,27-28,31,35-36H,6-7,14-20H2. The van der Waals surface area contributed by atoms with Gasteiger partial charge in [0.05, 0.1) is 23.7 Å². The van der Waals surface area contributed by atoms with Crippen molar-refractivity contribution in [3.8, 4) is 22.6 Å². The summed E-state index contributed by atoms with van der Waals surface area (Å²) in [5.41, 5.74) is 4.43. The van der Waals surface area contributed by atoms with Gasteiger partial charge in [0.1, 0.15) is 6.10 Å². The molecular weight excluding hydrogens is 474 g/mol. The number of aliphatic hydroxyl groups is 1. The fourth-order valence-electron chi connectivity index (χ4n) is 8.23. The van der Waals surface area contributed by atoms with Crippen LogP contribution in [0.25, 0.3) is 11.1 Å². The number of nitrogens with zero attached hydrogens (tertiary/aromatic N) is 1. The third-order valence-electron chi connectivity index (χ3n) is 10.2. The monoisotopic (exact) mass is 509 g/mol. The van der Waals surface area contributed by atoms with Gasteiger partial charge in [-0.3, -0.25) is 4.90 Å². The zero-order valence-electron chi connectivity index (χ0n) is 21.7. The summed E-state index contributed by atoms with van der Waals surface area (Å²) in [5, 5.41) is 23.4. The van der Waals surface area contributed by atoms with Gasteiger partial charge in [0, 0.05) is 18.2 Å². The van der Waals surface area contributed by atoms with E-state index in [-0.39, 0.29) is 24.0 Å². The molecule has 3 aliphatic carbocycles. The lowest BCUT2D eigenvalue weighted by atomic mass is 9.48. The third-order valence-corrected chi connectivity index (χ3v) is 10.2. The number of hydrogen-bond acceptors (Lipinski definition) is 5. The van der Waals surface area contributed by atoms with Gasteiger partial charge in [-0.05, 0) is 79.3 Å². The van der Waals surface area contributed by atoms with Gasteiger partial charge in [0.2, 0.25) is 0 Å². The number of phenols is 1. The largest absolute Gasteiger partial charge is 0.504 e. The molecule has 5 nitrogen and oxygen atoms in total. The first-order chi connectivity index (χ1) is 18.6. The minimum atomic E-state index is -0.867. The number of likely N-dealkylation sites (tertiary alicyclic amines) is 1. The zero-order valence-corrected chi connectivity index (χ0v) is 21.7. The molecule has 2 bridgehead atoms. The van der Waals surface area contributed by atoms with Crippen molar-refractivity contribution in [2.75, 3.05) is 13.1 Å². The van der Waals surface area contributed by atoms with E-state index in [1.54, 1.807) is 6.07 Å². The molecule has 2 saturated carbocycles. The van der Waals surface area contributed by atoms with Crippen molar-refractivity contribution in [3.63, 3.8) is 0 Å². The molecule has 1 saturated heterocycles. The lowest BCUT2D eigenvalue weighted by Gasteiger charge is -2.64. The molecule has 2 heterocycles. The van der Waals surface area contributed by atoms with Crippen LogP contribution in [0.15, 0.2) is 66.7 Å². The van der Waals surface area contributed by atoms with Crippen LogP contribution in [-0.2, 0) is 23.2 Å². The Kier molecular flexibility index (Phi) is 5.05. The van der Waals surface area contributed by atoms with Crippen LogP contribution in [0.5, 0.6) is 11.5 Å². The van der Waals surface area contributed by atoms with Crippen molar-refractivity contribution in [2.45, 2.75) is 74.4 Å². The van der Waals surface area contributed by atoms with Gasteiger partial charge >= 0.3 is 0 Å². The van der Waals surface area contributed by atoms with Crippen LogP contribution in [0.2, 0.25) is 0 Å². The summed E-state index contributed by atoms with van der Waals surface area (Å²) in [7, 11) is 0. The quantitative estimate of drug-likeness (QED) is 0.478. The number of hydrogen-bond donors (Lipinski definition) is 2. The molecule has 3 fully saturated rings. The molecule has 3 aromatic rings. The van der Waals surface area contributed by atoms with Gasteiger partial charge in [-0.15, -0.1) is 0 Å². The molecule has 5 atom stereocenters. The van der Waals surface area contributed by atoms with E-state index >= 15 is 0 Å². The molecule has 0 aromatic heterocycles. The molecule has 1 spiro atoms. The molecule has 5 aliphatic rings. The first-order valence-electron chi connectivity index (χ1n) is 14.3. The SMILES string of the molecule is Oc1ccc2c3c1OC1C(OCc4ccc(-c5ccccc5)cc4)CCC4(O)C(C2)N(CC2CC2)CCC314. The van der Waals surface area contributed by atoms with Crippen molar-refractivity contribution in [1.29, 1.82) is 0 Å². The molecule has 3 aromatic carbocycles. The molecule has 0 amide bonds. The number of piperidine rings is 1. The van der Waals surface area contributed by atoms with Gasteiger partial charge in [-0.25, -0.2) is 0 Å². The molecule has 0 radical (unpaired) electrons. The summed E-state index contributed by atoms with van der Waals surface area (Å²) >= 11 is 0. The molecule has 2 N–H and O–H groups in total. The highest BCUT2D eigenvalue weighted by Crippen LogP contribution is 2.65. The predicted octanol–water partition coefficient (Wildman–Crippen LogP) is 5.21. The van der Waals surface area contributed by atoms with Gasteiger partial charge < -0.3 is 19.7 Å². The first kappa shape index (κ1) is 23.1. The van der Waals surface area contributed by atoms with Gasteiger partial charge in [0.25, 0.3) is 0 Å². The highest BCUT2D eigenvalue weighted by Gasteiger charge is 2.73. The van der Waals surface area contributed by atoms with E-state index < -0.39 is 11.0 Å². The van der Waals surface area contributed by atoms with E-state index in [1.807, 2.05) is 6.07 Å². The number of rotatable bonds is 6. The average molecular weight is 510 g/mol. The molecule has 5 heteroatoms. The second-order valence-corrected chi connectivity index (χ2v) is 12.2. The van der Waals surface area contributed by atoms with E-state index in [0.717, 1.165) is 49.4 Å². The molecule has 2 aliphatic heterocycles. The minimum absolute atomic E-state index is 0.0948. The van der Waals surface area contributed by atoms with Crippen LogP contribution in [0.4, 0.5) is 0 Å². The number of ether oxygens (including phenoxy) is 2. The number of phenolic OH excluding ortho intramolecular Hbond substituents is 1. The normalized spacial score (nSPS) is 33.0. The van der Waals surface area contributed by atoms with E-state index in [1.165, 1.54) is 29.5 Å². The van der Waals surface area contributed by atoms with Gasteiger partial charge in [-0.2, -0.15) is 0 Å². The van der Waals surface area contributed by atoms with E-state index in [2.05, 4.69) is 59.5 Å². The fourth-order valence-corrected chi connectivity index (χ4v) is 8.23. The van der Waals surface area contributed by atoms with E-state index in [4.69, 9.17) is 9.47 Å². The number of aromatic hydroxyl groups is 1. The zero-order chi connectivity index (χ0) is 25.5. The molecule has 5 unspecified atom stereocenters. The first-order valence-corrected chi connectivity index (χ1v) is 14.3. The lowest BCUT2D eigenvalue weighted by Crippen LogP contribution is -2.77. The predicted molar refractivity (Wildman–Crippen MR) is 145 cm³/mol. The van der Waals surface area contributed by atoms with Crippen LogP contribution in [-0.4, -0.2) is 52.1 Å². The highest BCUT2D eigenvalue weighted by atomic mass is 16.6. The van der Waals surface area contributed by atoms with Crippen LogP contribution >= 0.6 is 0 Å². The average Bonchev–Trinajstić information content (AvgIpc) is 3.69. The Bertz CT molecular complexity index is 1370. The van der Waals surface area contributed by atoms with Crippen LogP contribution in [0, 0.1) is 5.92 Å². The molecule has 38 heavy (non-hydrogen) atoms. The Morgan fingerprint density at radius 3 is 2.50 bits per heavy atom. The van der Waals surface area contributed by atoms with E-state index in [9.17, 15) is 10.2 Å². The Balaban J connectivity index is 1.09. The Hall–Kier alpha value is -2.86. The smallest absolute Gasteiger partial charge is 0.165 e. The molecular formula is C33H35NO4. The summed E-state index contributed by atoms with van der Waals surface area (Å²) in [4.78, 5) is 2.57. The van der Waals surface area contributed by atoms with Crippen molar-refractivity contribution in [2.24, 2.45) is 5.92 Å². The summed E-state index contributed by atoms with van der Waals surface area (Å²) in [6.45, 7) is 2.56. The summed E-state index contributed by atoms with van der Waals surface area (Å²) in [6, 6.07) is 22.9. The summed E-state index contributed by atoms with van der Waals surface area (Å²) < 4.78 is 13.2. The van der Waals surface area contributed by atoms with E-state index in [0.29, 0.717) is 18.8 Å². The Morgan fingerprint density at radius 2 is 1.71 bits per heavy atom. The van der Waals surface area contributed by atoms with Crippen LogP contribution in [0.1, 0.15) is 48.8 Å². The van der Waals surface area contributed by atoms with Crippen LogP contribution in [0.3, 0.4) is 0 Å². The maximum Gasteiger partial charge on any atom is 0.165 e. The summed E-state index contributed by atoms with van der Waals surface area (Å²) in [6.07, 6.45) is 5.31. The number of benzene rings is 3. The van der Waals surface area contributed by atoms with Crippen molar-refractivity contribution < 1.29 is 19.7 Å². The second kappa shape index (κ2) is 8.32. The topological polar surface area (TPSA) is 62.2 Å². The van der Waals surface area contributed by atoms with Crippen molar-refractivity contribution in [1.82, 2.24) is 4.90 Å². The Morgan fingerprint density at radius 1 is 0.921 bits per heavy atom. The highest BCUT2D eigenvalue weighted by molar-refractivity contribution is 5.64. The second-order valence-electron chi connectivity index (χ2n) is 12.2. The van der Waals surface area contributed by atoms with Gasteiger partial charge in [-0.1, -0.05) is 60.7 Å². The lowest BCUT2D eigenvalue weighted by molar-refractivity contribution is -0.217. The third kappa shape index (κ3) is 3.22. The minimum Gasteiger partial charge on any atom is -0.504 e. The van der Waals surface area contributed by atoms with Gasteiger partial charge in [0.15, 0.2) is 11.5 Å². The summed E-state index contributed by atoms with van der Waals surface area (Å²) in [5.74, 6) is 1.56. The van der Waals surface area contributed by atoms with Crippen LogP contribution < -0.4 is 4.74 Å². The molecule has 8 rings (SSSR count). The maximum atomic E-state index is 12.6.